The number of halogens is 1. The fraction of sp³-hybridized carbons (Fsp3) is 1.00. The minimum atomic E-state index is 0. The summed E-state index contributed by atoms with van der Waals surface area (Å²) in [6, 6.07) is 0. The van der Waals surface area contributed by atoms with E-state index in [-0.39, 0.29) is 12.4 Å². The van der Waals surface area contributed by atoms with E-state index >= 15 is 0 Å². The van der Waals surface area contributed by atoms with Gasteiger partial charge in [0.05, 0.1) is 6.61 Å². The number of nitrogens with two attached hydrogens (primary N) is 1. The van der Waals surface area contributed by atoms with Gasteiger partial charge in [0.25, 0.3) is 0 Å². The molecule has 1 aliphatic rings. The zero-order chi connectivity index (χ0) is 6.91. The van der Waals surface area contributed by atoms with E-state index in [1.165, 1.54) is 12.8 Å². The molecule has 0 unspecified atom stereocenters. The molecule has 0 radical (unpaired) electrons. The Hall–Kier alpha value is 0.210. The average Bonchev–Trinajstić information content (AvgIpc) is 1.62. The molecule has 10 heavy (non-hydrogen) atoms. The van der Waals surface area contributed by atoms with Crippen LogP contribution in [0, 0.1) is 11.3 Å². The first kappa shape index (κ1) is 10.2. The zero-order valence-corrected chi connectivity index (χ0v) is 7.41. The SMILES string of the molecule is CC1(C)CC(CON)C1.Cl. The zero-order valence-electron chi connectivity index (χ0n) is 6.59. The summed E-state index contributed by atoms with van der Waals surface area (Å²) in [6.45, 7) is 5.30. The van der Waals surface area contributed by atoms with Crippen molar-refractivity contribution in [2.24, 2.45) is 17.2 Å². The second-order valence-electron chi connectivity index (χ2n) is 3.77. The van der Waals surface area contributed by atoms with Crippen molar-refractivity contribution in [1.82, 2.24) is 0 Å². The van der Waals surface area contributed by atoms with Crippen molar-refractivity contribution in [3.63, 3.8) is 0 Å². The standard InChI is InChI=1S/C7H15NO.ClH/c1-7(2)3-6(4-7)5-9-8;/h6H,3-5,8H2,1-2H3;1H. The van der Waals surface area contributed by atoms with Crippen LogP contribution in [0.1, 0.15) is 26.7 Å². The second kappa shape index (κ2) is 3.56. The van der Waals surface area contributed by atoms with Gasteiger partial charge >= 0.3 is 0 Å². The highest BCUT2D eigenvalue weighted by Gasteiger charge is 2.35. The molecule has 0 bridgehead atoms. The van der Waals surface area contributed by atoms with Crippen molar-refractivity contribution < 1.29 is 4.84 Å². The molecule has 0 saturated heterocycles. The van der Waals surface area contributed by atoms with E-state index in [4.69, 9.17) is 5.90 Å². The molecule has 0 aliphatic heterocycles. The predicted molar refractivity (Wildman–Crippen MR) is 43.9 cm³/mol. The molecule has 0 aromatic carbocycles. The quantitative estimate of drug-likeness (QED) is 0.633. The molecule has 62 valence electrons. The van der Waals surface area contributed by atoms with Gasteiger partial charge < -0.3 is 4.84 Å². The van der Waals surface area contributed by atoms with Crippen molar-refractivity contribution in [2.45, 2.75) is 26.7 Å². The van der Waals surface area contributed by atoms with Gasteiger partial charge in [0.15, 0.2) is 0 Å². The fourth-order valence-corrected chi connectivity index (χ4v) is 1.76. The largest absolute Gasteiger partial charge is 0.304 e. The summed E-state index contributed by atoms with van der Waals surface area (Å²) in [5.74, 6) is 5.65. The molecule has 1 fully saturated rings. The molecule has 1 saturated carbocycles. The maximum Gasteiger partial charge on any atom is 0.0707 e. The van der Waals surface area contributed by atoms with Gasteiger partial charge in [-0.1, -0.05) is 13.8 Å². The van der Waals surface area contributed by atoms with Crippen LogP contribution in [0.5, 0.6) is 0 Å². The lowest BCUT2D eigenvalue weighted by molar-refractivity contribution is 0.00661. The van der Waals surface area contributed by atoms with Crippen molar-refractivity contribution in [1.29, 1.82) is 0 Å². The smallest absolute Gasteiger partial charge is 0.0707 e. The lowest BCUT2D eigenvalue weighted by Gasteiger charge is -2.41. The monoisotopic (exact) mass is 165 g/mol. The minimum absolute atomic E-state index is 0. The van der Waals surface area contributed by atoms with E-state index < -0.39 is 0 Å². The van der Waals surface area contributed by atoms with Crippen molar-refractivity contribution in [2.75, 3.05) is 6.61 Å². The Balaban J connectivity index is 0.000000810. The Bertz CT molecular complexity index is 97.8. The highest BCUT2D eigenvalue weighted by atomic mass is 35.5. The molecule has 0 atom stereocenters. The van der Waals surface area contributed by atoms with Crippen LogP contribution in [-0.4, -0.2) is 6.61 Å². The summed E-state index contributed by atoms with van der Waals surface area (Å²) in [4.78, 5) is 4.54. The van der Waals surface area contributed by atoms with E-state index in [1.54, 1.807) is 0 Å². The maximum absolute atomic E-state index is 4.93. The topological polar surface area (TPSA) is 35.2 Å². The highest BCUT2D eigenvalue weighted by Crippen LogP contribution is 2.44. The number of rotatable bonds is 2. The van der Waals surface area contributed by atoms with Crippen molar-refractivity contribution in [3.8, 4) is 0 Å². The lowest BCUT2D eigenvalue weighted by Crippen LogP contribution is -2.34. The van der Waals surface area contributed by atoms with Crippen LogP contribution in [0.2, 0.25) is 0 Å². The normalized spacial score (nSPS) is 23.1. The predicted octanol–water partition coefficient (Wildman–Crippen LogP) is 1.73. The van der Waals surface area contributed by atoms with Crippen molar-refractivity contribution >= 4 is 12.4 Å². The lowest BCUT2D eigenvalue weighted by atomic mass is 9.65. The van der Waals surface area contributed by atoms with Crippen LogP contribution >= 0.6 is 12.4 Å². The minimum Gasteiger partial charge on any atom is -0.304 e. The van der Waals surface area contributed by atoms with Gasteiger partial charge in [-0.25, -0.2) is 5.90 Å². The summed E-state index contributed by atoms with van der Waals surface area (Å²) in [5.41, 5.74) is 0.559. The molecule has 0 aromatic rings. The second-order valence-corrected chi connectivity index (χ2v) is 3.77. The van der Waals surface area contributed by atoms with Crippen LogP contribution in [0.4, 0.5) is 0 Å². The van der Waals surface area contributed by atoms with Crippen LogP contribution in [0.3, 0.4) is 0 Å². The molecular weight excluding hydrogens is 150 g/mol. The van der Waals surface area contributed by atoms with E-state index in [2.05, 4.69) is 18.7 Å². The van der Waals surface area contributed by atoms with Gasteiger partial charge in [0.2, 0.25) is 0 Å². The summed E-state index contributed by atoms with van der Waals surface area (Å²) in [7, 11) is 0. The van der Waals surface area contributed by atoms with E-state index in [0.717, 1.165) is 12.5 Å². The van der Waals surface area contributed by atoms with Gasteiger partial charge in [0, 0.05) is 0 Å². The van der Waals surface area contributed by atoms with Gasteiger partial charge in [-0.15, -0.1) is 12.4 Å². The Labute approximate surface area is 68.5 Å². The molecule has 2 N–H and O–H groups in total. The summed E-state index contributed by atoms with van der Waals surface area (Å²) in [6.07, 6.45) is 2.54. The Kier molecular flexibility index (Phi) is 3.63. The third-order valence-corrected chi connectivity index (χ3v) is 2.01. The fourth-order valence-electron chi connectivity index (χ4n) is 1.76. The Morgan fingerprint density at radius 2 is 2.00 bits per heavy atom. The molecular formula is C7H16ClNO. The highest BCUT2D eigenvalue weighted by molar-refractivity contribution is 5.85. The molecule has 0 spiro atoms. The number of hydrogen-bond acceptors (Lipinski definition) is 2. The van der Waals surface area contributed by atoms with Gasteiger partial charge in [-0.05, 0) is 24.2 Å². The van der Waals surface area contributed by atoms with Crippen LogP contribution in [0.25, 0.3) is 0 Å². The third-order valence-electron chi connectivity index (χ3n) is 2.01. The van der Waals surface area contributed by atoms with Gasteiger partial charge in [0.1, 0.15) is 0 Å². The molecule has 1 rings (SSSR count). The Morgan fingerprint density at radius 1 is 1.50 bits per heavy atom. The molecule has 0 heterocycles. The van der Waals surface area contributed by atoms with E-state index in [0.29, 0.717) is 5.41 Å². The summed E-state index contributed by atoms with van der Waals surface area (Å²) < 4.78 is 0. The summed E-state index contributed by atoms with van der Waals surface area (Å²) >= 11 is 0. The van der Waals surface area contributed by atoms with Crippen LogP contribution in [0.15, 0.2) is 0 Å². The summed E-state index contributed by atoms with van der Waals surface area (Å²) in [5, 5.41) is 0. The van der Waals surface area contributed by atoms with Gasteiger partial charge in [-0.2, -0.15) is 0 Å². The van der Waals surface area contributed by atoms with Crippen LogP contribution < -0.4 is 5.90 Å². The molecule has 0 aromatic heterocycles. The van der Waals surface area contributed by atoms with E-state index in [1.807, 2.05) is 0 Å². The third kappa shape index (κ3) is 2.45. The molecule has 3 heteroatoms. The van der Waals surface area contributed by atoms with Crippen LogP contribution in [-0.2, 0) is 4.84 Å². The van der Waals surface area contributed by atoms with Crippen molar-refractivity contribution in [3.05, 3.63) is 0 Å². The number of hydrogen-bond donors (Lipinski definition) is 1. The first-order valence-corrected chi connectivity index (χ1v) is 3.46. The Morgan fingerprint density at radius 3 is 2.30 bits per heavy atom. The maximum atomic E-state index is 4.93. The average molecular weight is 166 g/mol. The molecule has 2 nitrogen and oxygen atoms in total. The first-order valence-electron chi connectivity index (χ1n) is 3.46. The van der Waals surface area contributed by atoms with E-state index in [9.17, 15) is 0 Å². The molecule has 0 amide bonds. The van der Waals surface area contributed by atoms with Gasteiger partial charge in [-0.3, -0.25) is 0 Å². The first-order chi connectivity index (χ1) is 4.14. The molecule has 1 aliphatic carbocycles.